The molecule has 56 valence electrons. The van der Waals surface area contributed by atoms with Gasteiger partial charge in [-0.15, -0.1) is 0 Å². The first-order chi connectivity index (χ1) is 4.74. The van der Waals surface area contributed by atoms with Gasteiger partial charge in [0.05, 0.1) is 5.69 Å². The molecule has 0 amide bonds. The Bertz CT molecular complexity index is 205. The predicted octanol–water partition coefficient (Wildman–Crippen LogP) is 2.36. The lowest BCUT2D eigenvalue weighted by atomic mass is 10.4. The smallest absolute Gasteiger partial charge is 0.0730 e. The molecule has 1 heterocycles. The quantitative estimate of drug-likeness (QED) is 0.674. The number of aromatic nitrogens is 2. The normalized spacial score (nSPS) is 10.8. The predicted molar refractivity (Wildman–Crippen MR) is 45.2 cm³/mol. The van der Waals surface area contributed by atoms with E-state index in [0.29, 0.717) is 6.04 Å². The molecule has 0 saturated heterocycles. The van der Waals surface area contributed by atoms with Crippen LogP contribution < -0.4 is 0 Å². The zero-order valence-corrected chi connectivity index (χ0v) is 7.80. The standard InChI is InChI=1S/C7H11BrN2/c1-6(2)10-4-3-7(5-8)9-10/h3-4,6H,5H2,1-2H3. The van der Waals surface area contributed by atoms with E-state index >= 15 is 0 Å². The Morgan fingerprint density at radius 3 is 2.70 bits per heavy atom. The van der Waals surface area contributed by atoms with Crippen molar-refractivity contribution >= 4 is 15.9 Å². The third-order valence-corrected chi connectivity index (χ3v) is 1.90. The number of hydrogen-bond donors (Lipinski definition) is 0. The van der Waals surface area contributed by atoms with Gasteiger partial charge in [-0.3, -0.25) is 4.68 Å². The molecule has 1 rings (SSSR count). The molecular formula is C7H11BrN2. The molecule has 0 aromatic carbocycles. The lowest BCUT2D eigenvalue weighted by molar-refractivity contribution is 0.529. The molecule has 1 aromatic rings. The first-order valence-corrected chi connectivity index (χ1v) is 4.46. The van der Waals surface area contributed by atoms with Crippen LogP contribution in [0.4, 0.5) is 0 Å². The van der Waals surface area contributed by atoms with Crippen LogP contribution in [-0.2, 0) is 5.33 Å². The van der Waals surface area contributed by atoms with Crippen molar-refractivity contribution in [3.05, 3.63) is 18.0 Å². The lowest BCUT2D eigenvalue weighted by Gasteiger charge is -2.02. The van der Waals surface area contributed by atoms with Crippen molar-refractivity contribution in [2.24, 2.45) is 0 Å². The van der Waals surface area contributed by atoms with Crippen LogP contribution in [0.1, 0.15) is 25.6 Å². The number of hydrogen-bond acceptors (Lipinski definition) is 1. The highest BCUT2D eigenvalue weighted by molar-refractivity contribution is 9.08. The molecule has 0 spiro atoms. The van der Waals surface area contributed by atoms with Gasteiger partial charge in [0.15, 0.2) is 0 Å². The monoisotopic (exact) mass is 202 g/mol. The maximum absolute atomic E-state index is 4.30. The molecule has 0 fully saturated rings. The second kappa shape index (κ2) is 3.19. The molecule has 3 heteroatoms. The largest absolute Gasteiger partial charge is 0.270 e. The van der Waals surface area contributed by atoms with Crippen molar-refractivity contribution in [1.82, 2.24) is 9.78 Å². The molecule has 0 atom stereocenters. The van der Waals surface area contributed by atoms with Crippen LogP contribution in [0.25, 0.3) is 0 Å². The van der Waals surface area contributed by atoms with Gasteiger partial charge in [-0.25, -0.2) is 0 Å². The molecule has 0 N–H and O–H groups in total. The summed E-state index contributed by atoms with van der Waals surface area (Å²) in [4.78, 5) is 0. The fraction of sp³-hybridized carbons (Fsp3) is 0.571. The van der Waals surface area contributed by atoms with E-state index in [4.69, 9.17) is 0 Å². The third-order valence-electron chi connectivity index (χ3n) is 1.33. The number of rotatable bonds is 2. The summed E-state index contributed by atoms with van der Waals surface area (Å²) >= 11 is 3.34. The van der Waals surface area contributed by atoms with Gasteiger partial charge < -0.3 is 0 Å². The van der Waals surface area contributed by atoms with Crippen molar-refractivity contribution in [3.8, 4) is 0 Å². The molecule has 0 saturated carbocycles. The molecule has 2 nitrogen and oxygen atoms in total. The van der Waals surface area contributed by atoms with Crippen LogP contribution in [0.2, 0.25) is 0 Å². The summed E-state index contributed by atoms with van der Waals surface area (Å²) < 4.78 is 1.95. The van der Waals surface area contributed by atoms with Crippen molar-refractivity contribution in [2.45, 2.75) is 25.2 Å². The summed E-state index contributed by atoms with van der Waals surface area (Å²) in [6, 6.07) is 2.49. The fourth-order valence-electron chi connectivity index (χ4n) is 0.736. The van der Waals surface area contributed by atoms with Crippen LogP contribution in [0.15, 0.2) is 12.3 Å². The second-order valence-electron chi connectivity index (χ2n) is 2.51. The summed E-state index contributed by atoms with van der Waals surface area (Å²) in [6.07, 6.45) is 2.00. The SMILES string of the molecule is CC(C)n1ccc(CBr)n1. The molecule has 0 aliphatic rings. The van der Waals surface area contributed by atoms with E-state index in [-0.39, 0.29) is 0 Å². The lowest BCUT2D eigenvalue weighted by Crippen LogP contribution is -2.00. The summed E-state index contributed by atoms with van der Waals surface area (Å²) in [5, 5.41) is 5.14. The van der Waals surface area contributed by atoms with E-state index in [1.807, 2.05) is 16.9 Å². The number of alkyl halides is 1. The van der Waals surface area contributed by atoms with Gasteiger partial charge in [-0.1, -0.05) is 15.9 Å². The van der Waals surface area contributed by atoms with Crippen LogP contribution in [-0.4, -0.2) is 9.78 Å². The highest BCUT2D eigenvalue weighted by Gasteiger charge is 1.98. The van der Waals surface area contributed by atoms with Gasteiger partial charge in [0, 0.05) is 17.6 Å². The molecule has 1 aromatic heterocycles. The Labute approximate surface area is 69.4 Å². The highest BCUT2D eigenvalue weighted by Crippen LogP contribution is 2.06. The van der Waals surface area contributed by atoms with Gasteiger partial charge in [0.25, 0.3) is 0 Å². The van der Waals surface area contributed by atoms with E-state index in [2.05, 4.69) is 34.9 Å². The topological polar surface area (TPSA) is 17.8 Å². The first-order valence-electron chi connectivity index (χ1n) is 3.34. The van der Waals surface area contributed by atoms with E-state index in [1.54, 1.807) is 0 Å². The molecule has 0 radical (unpaired) electrons. The Hall–Kier alpha value is -0.310. The van der Waals surface area contributed by atoms with Gasteiger partial charge in [0.1, 0.15) is 0 Å². The fourth-order valence-corrected chi connectivity index (χ4v) is 1.04. The molecule has 0 aliphatic heterocycles. The van der Waals surface area contributed by atoms with E-state index < -0.39 is 0 Å². The van der Waals surface area contributed by atoms with Crippen LogP contribution in [0.5, 0.6) is 0 Å². The number of halogens is 1. The summed E-state index contributed by atoms with van der Waals surface area (Å²) in [7, 11) is 0. The van der Waals surface area contributed by atoms with E-state index in [1.165, 1.54) is 0 Å². The Morgan fingerprint density at radius 2 is 2.40 bits per heavy atom. The maximum atomic E-state index is 4.30. The second-order valence-corrected chi connectivity index (χ2v) is 3.08. The molecule has 0 bridgehead atoms. The summed E-state index contributed by atoms with van der Waals surface area (Å²) in [6.45, 7) is 4.23. The Morgan fingerprint density at radius 1 is 1.70 bits per heavy atom. The minimum Gasteiger partial charge on any atom is -0.270 e. The third kappa shape index (κ3) is 1.59. The van der Waals surface area contributed by atoms with Crippen molar-refractivity contribution in [1.29, 1.82) is 0 Å². The minimum atomic E-state index is 0.466. The van der Waals surface area contributed by atoms with Gasteiger partial charge >= 0.3 is 0 Å². The van der Waals surface area contributed by atoms with Gasteiger partial charge in [-0.2, -0.15) is 5.10 Å². The molecule has 0 aliphatic carbocycles. The maximum Gasteiger partial charge on any atom is 0.0730 e. The van der Waals surface area contributed by atoms with Gasteiger partial charge in [0.2, 0.25) is 0 Å². The first kappa shape index (κ1) is 7.79. The van der Waals surface area contributed by atoms with Crippen LogP contribution in [0, 0.1) is 0 Å². The molecule has 10 heavy (non-hydrogen) atoms. The minimum absolute atomic E-state index is 0.466. The summed E-state index contributed by atoms with van der Waals surface area (Å²) in [5.74, 6) is 0. The molecule has 0 unspecified atom stereocenters. The van der Waals surface area contributed by atoms with Crippen molar-refractivity contribution in [2.75, 3.05) is 0 Å². The zero-order valence-electron chi connectivity index (χ0n) is 6.21. The van der Waals surface area contributed by atoms with Crippen LogP contribution in [0.3, 0.4) is 0 Å². The van der Waals surface area contributed by atoms with Crippen molar-refractivity contribution < 1.29 is 0 Å². The average molecular weight is 203 g/mol. The zero-order chi connectivity index (χ0) is 7.56. The Kier molecular flexibility index (Phi) is 2.49. The van der Waals surface area contributed by atoms with E-state index in [0.717, 1.165) is 11.0 Å². The summed E-state index contributed by atoms with van der Waals surface area (Å²) in [5.41, 5.74) is 1.09. The number of nitrogens with zero attached hydrogens (tertiary/aromatic N) is 2. The van der Waals surface area contributed by atoms with Gasteiger partial charge in [-0.05, 0) is 19.9 Å². The molecular weight excluding hydrogens is 192 g/mol. The van der Waals surface area contributed by atoms with Crippen LogP contribution >= 0.6 is 15.9 Å². The average Bonchev–Trinajstić information content (AvgIpc) is 2.34. The van der Waals surface area contributed by atoms with E-state index in [9.17, 15) is 0 Å². The Balaban J connectivity index is 2.78. The highest BCUT2D eigenvalue weighted by atomic mass is 79.9. The van der Waals surface area contributed by atoms with Crippen molar-refractivity contribution in [3.63, 3.8) is 0 Å².